The van der Waals surface area contributed by atoms with E-state index in [0.29, 0.717) is 25.7 Å². The number of rotatable bonds is 64. The van der Waals surface area contributed by atoms with Gasteiger partial charge in [0.25, 0.3) is 0 Å². The maximum absolute atomic E-state index is 12.3. The van der Waals surface area contributed by atoms with E-state index in [-0.39, 0.29) is 44.3 Å². The maximum Gasteiger partial charge on any atom is 2.00 e. The summed E-state index contributed by atoms with van der Waals surface area (Å²) in [5, 5.41) is 22.2. The molecule has 0 spiro atoms. The van der Waals surface area contributed by atoms with Crippen LogP contribution in [0, 0.1) is 0 Å². The van der Waals surface area contributed by atoms with Gasteiger partial charge in [-0.25, -0.2) is 0 Å². The predicted octanol–water partition coefficient (Wildman–Crippen LogP) is 20.8. The van der Waals surface area contributed by atoms with Crippen LogP contribution in [-0.2, 0) is 48.1 Å². The number of aliphatic carboxylic acids is 2. The first kappa shape index (κ1) is 81.7. The van der Waals surface area contributed by atoms with Crippen LogP contribution in [0.25, 0.3) is 0 Å². The molecule has 0 aromatic rings. The molecule has 464 valence electrons. The number of carbonyl (C=O) groups excluding carboxylic acids is 4. The molecule has 0 rings (SSSR count). The van der Waals surface area contributed by atoms with Crippen molar-refractivity contribution < 1.29 is 58.3 Å². The molecule has 9 heteroatoms. The molecule has 0 aromatic carbocycles. The molecule has 0 aromatic heterocycles. The third kappa shape index (κ3) is 72.6. The molecule has 8 nitrogen and oxygen atoms in total. The first-order chi connectivity index (χ1) is 38.2. The van der Waals surface area contributed by atoms with E-state index < -0.39 is 24.1 Å². The summed E-state index contributed by atoms with van der Waals surface area (Å²) < 4.78 is 11.0. The summed E-state index contributed by atoms with van der Waals surface area (Å²) in [4.78, 5) is 46.7. The molecule has 0 aliphatic rings. The molecule has 0 saturated heterocycles. The molecule has 79 heavy (non-hydrogen) atoms. The summed E-state index contributed by atoms with van der Waals surface area (Å²) in [6.07, 6.45) is 70.0. The van der Waals surface area contributed by atoms with Gasteiger partial charge in [0, 0.05) is 37.6 Å². The molecule has 0 bridgehead atoms. The van der Waals surface area contributed by atoms with Crippen LogP contribution in [0.2, 0.25) is 0 Å². The standard InChI is InChI=1S/2C35H68O4.Zn/c2*1-3-5-7-9-11-13-15-17-19-21-23-25-27-29-31-35(38)39-33(32-34(36)37)30-28-26-24-22-20-18-16-14-12-10-8-6-4-2;/h2*33H,3-32H2,1-2H3,(H,36,37);/q;;+2/p-2. The number of unbranched alkanes of at least 4 members (excludes halogenated alkanes) is 50. The normalized spacial score (nSPS) is 11.9. The zero-order valence-electron chi connectivity index (χ0n) is 53.6. The predicted molar refractivity (Wildman–Crippen MR) is 329 cm³/mol. The van der Waals surface area contributed by atoms with Gasteiger partial charge in [-0.2, -0.15) is 0 Å². The maximum atomic E-state index is 12.3. The van der Waals surface area contributed by atoms with Gasteiger partial charge in [0.1, 0.15) is 12.2 Å². The zero-order chi connectivity index (χ0) is 57.3. The minimum atomic E-state index is -1.13. The topological polar surface area (TPSA) is 133 Å². The smallest absolute Gasteiger partial charge is 0.550 e. The van der Waals surface area contributed by atoms with E-state index in [4.69, 9.17) is 9.47 Å². The Morgan fingerprint density at radius 1 is 0.253 bits per heavy atom. The number of carboxylic acid groups (broad SMARTS) is 2. The molecule has 2 atom stereocenters. The Labute approximate surface area is 504 Å². The molecule has 0 heterocycles. The van der Waals surface area contributed by atoms with E-state index in [0.717, 1.165) is 51.4 Å². The number of carbonyl (C=O) groups is 4. The number of esters is 2. The Hall–Kier alpha value is -1.50. The largest absolute Gasteiger partial charge is 2.00 e. The Morgan fingerprint density at radius 3 is 0.570 bits per heavy atom. The molecule has 0 aliphatic heterocycles. The van der Waals surface area contributed by atoms with E-state index in [2.05, 4.69) is 27.7 Å². The number of ether oxygens (including phenoxy) is 2. The van der Waals surface area contributed by atoms with Gasteiger partial charge in [-0.15, -0.1) is 0 Å². The monoisotopic (exact) mass is 1170 g/mol. The van der Waals surface area contributed by atoms with E-state index >= 15 is 0 Å². The van der Waals surface area contributed by atoms with Crippen molar-refractivity contribution in [3.05, 3.63) is 0 Å². The van der Waals surface area contributed by atoms with Crippen molar-refractivity contribution >= 4 is 23.9 Å². The van der Waals surface area contributed by atoms with Gasteiger partial charge in [0.05, 0.1) is 0 Å². The van der Waals surface area contributed by atoms with E-state index in [1.54, 1.807) is 0 Å². The Balaban J connectivity index is -0.00000144. The summed E-state index contributed by atoms with van der Waals surface area (Å²) in [7, 11) is 0. The number of hydrogen-bond acceptors (Lipinski definition) is 8. The van der Waals surface area contributed by atoms with E-state index in [9.17, 15) is 29.4 Å². The first-order valence-electron chi connectivity index (χ1n) is 35.0. The third-order valence-corrected chi connectivity index (χ3v) is 16.1. The van der Waals surface area contributed by atoms with Gasteiger partial charge in [0.2, 0.25) is 0 Å². The molecule has 0 aliphatic carbocycles. The fourth-order valence-electron chi connectivity index (χ4n) is 11.0. The van der Waals surface area contributed by atoms with Crippen LogP contribution in [0.15, 0.2) is 0 Å². The average Bonchev–Trinajstić information content (AvgIpc) is 3.41. The summed E-state index contributed by atoms with van der Waals surface area (Å²) >= 11 is 0. The van der Waals surface area contributed by atoms with Crippen molar-refractivity contribution in [1.82, 2.24) is 0 Å². The minimum Gasteiger partial charge on any atom is -0.550 e. The minimum absolute atomic E-state index is 0. The van der Waals surface area contributed by atoms with E-state index in [1.165, 1.54) is 295 Å². The van der Waals surface area contributed by atoms with Gasteiger partial charge in [-0.3, -0.25) is 9.59 Å². The second kappa shape index (κ2) is 70.8. The van der Waals surface area contributed by atoms with Crippen molar-refractivity contribution in [3.63, 3.8) is 0 Å². The summed E-state index contributed by atoms with van der Waals surface area (Å²) in [5.74, 6) is -2.73. The molecule has 2 unspecified atom stereocenters. The Bertz CT molecular complexity index is 1140. The van der Waals surface area contributed by atoms with Crippen molar-refractivity contribution in [3.8, 4) is 0 Å². The summed E-state index contributed by atoms with van der Waals surface area (Å²) in [6.45, 7) is 9.06. The molecule has 0 N–H and O–H groups in total. The van der Waals surface area contributed by atoms with Crippen molar-refractivity contribution in [2.75, 3.05) is 0 Å². The second-order valence-electron chi connectivity index (χ2n) is 24.1. The third-order valence-electron chi connectivity index (χ3n) is 16.1. The molecule has 0 radical (unpaired) electrons. The Kier molecular flexibility index (Phi) is 73.2. The van der Waals surface area contributed by atoms with Gasteiger partial charge >= 0.3 is 31.4 Å². The quantitative estimate of drug-likeness (QED) is 0.0334. The van der Waals surface area contributed by atoms with Crippen LogP contribution in [0.1, 0.15) is 413 Å². The van der Waals surface area contributed by atoms with Crippen molar-refractivity contribution in [2.24, 2.45) is 0 Å². The first-order valence-corrected chi connectivity index (χ1v) is 35.0. The molecular weight excluding hydrogens is 1030 g/mol. The fraction of sp³-hybridized carbons (Fsp3) is 0.943. The Morgan fingerprint density at radius 2 is 0.405 bits per heavy atom. The number of carboxylic acids is 2. The molecular formula is C70H134O8Zn. The molecule has 0 amide bonds. The van der Waals surface area contributed by atoms with Gasteiger partial charge in [0.15, 0.2) is 0 Å². The van der Waals surface area contributed by atoms with E-state index in [1.807, 2.05) is 0 Å². The van der Waals surface area contributed by atoms with Gasteiger partial charge in [-0.05, 0) is 38.5 Å². The zero-order valence-corrected chi connectivity index (χ0v) is 56.5. The molecule has 0 fully saturated rings. The van der Waals surface area contributed by atoms with Crippen LogP contribution < -0.4 is 10.2 Å². The van der Waals surface area contributed by atoms with Gasteiger partial charge in [-0.1, -0.05) is 349 Å². The summed E-state index contributed by atoms with van der Waals surface area (Å²) in [6, 6.07) is 0. The van der Waals surface area contributed by atoms with Crippen LogP contribution in [-0.4, -0.2) is 36.1 Å². The van der Waals surface area contributed by atoms with Crippen molar-refractivity contribution in [2.45, 2.75) is 425 Å². The SMILES string of the molecule is CCCCCCCCCCCCCCCCC(=O)OC(CCCCCCCCCCCCCCC)CC(=O)[O-].CCCCCCCCCCCCCCCCC(=O)OC(CCCCCCCCCCCCCCC)CC(=O)[O-].[Zn+2]. The average molecular weight is 1170 g/mol. The van der Waals surface area contributed by atoms with Crippen LogP contribution in [0.4, 0.5) is 0 Å². The van der Waals surface area contributed by atoms with Crippen LogP contribution in [0.5, 0.6) is 0 Å². The van der Waals surface area contributed by atoms with Crippen LogP contribution >= 0.6 is 0 Å². The second-order valence-corrected chi connectivity index (χ2v) is 24.1. The van der Waals surface area contributed by atoms with Crippen LogP contribution in [0.3, 0.4) is 0 Å². The molecule has 0 saturated carbocycles. The van der Waals surface area contributed by atoms with Gasteiger partial charge < -0.3 is 29.3 Å². The van der Waals surface area contributed by atoms with Crippen molar-refractivity contribution in [1.29, 1.82) is 0 Å². The summed E-state index contributed by atoms with van der Waals surface area (Å²) in [5.41, 5.74) is 0. The fourth-order valence-corrected chi connectivity index (χ4v) is 11.0. The number of hydrogen-bond donors (Lipinski definition) is 0.